The van der Waals surface area contributed by atoms with Crippen LogP contribution in [-0.2, 0) is 14.3 Å². The lowest BCUT2D eigenvalue weighted by atomic mass is 9.81. The first-order valence-electron chi connectivity index (χ1n) is 9.08. The van der Waals surface area contributed by atoms with E-state index in [-0.39, 0.29) is 23.8 Å². The Hall–Kier alpha value is -1.34. The molecule has 2 amide bonds. The number of nitrogens with one attached hydrogen (secondary N) is 2. The van der Waals surface area contributed by atoms with Crippen LogP contribution in [0.4, 0.5) is 4.79 Å². The zero-order valence-corrected chi connectivity index (χ0v) is 16.2. The quantitative estimate of drug-likeness (QED) is 0.645. The van der Waals surface area contributed by atoms with Crippen molar-refractivity contribution in [3.63, 3.8) is 0 Å². The van der Waals surface area contributed by atoms with Gasteiger partial charge in [-0.05, 0) is 39.5 Å². The smallest absolute Gasteiger partial charge is 0.408 e. The highest BCUT2D eigenvalue weighted by Crippen LogP contribution is 2.29. The molecule has 0 bridgehead atoms. The Morgan fingerprint density at radius 3 is 2.36 bits per heavy atom. The summed E-state index contributed by atoms with van der Waals surface area (Å²) in [6.45, 7) is 10.8. The van der Waals surface area contributed by atoms with Crippen LogP contribution in [0.1, 0.15) is 53.9 Å². The number of aliphatic hydroxyl groups excluding tert-OH is 1. The Balaban J connectivity index is 2.68. The molecule has 0 spiro atoms. The molecular weight excluding hydrogens is 324 g/mol. The standard InChI is InChI=1S/C18H34N2O5/c1-6-13(2)14(20-16(23)25-17(3,4)5)15(22)19-11-18(12-21)7-9-24-10-8-18/h13-14,21H,6-12H2,1-5H3,(H,19,22)(H,20,23). The molecule has 0 radical (unpaired) electrons. The molecule has 0 aromatic heterocycles. The maximum absolute atomic E-state index is 12.7. The Kier molecular flexibility index (Phi) is 8.15. The molecule has 2 unspecified atom stereocenters. The Bertz CT molecular complexity index is 441. The molecule has 0 aromatic carbocycles. The Labute approximate surface area is 150 Å². The molecule has 25 heavy (non-hydrogen) atoms. The molecule has 0 saturated carbocycles. The third kappa shape index (κ3) is 7.20. The van der Waals surface area contributed by atoms with Gasteiger partial charge in [-0.3, -0.25) is 4.79 Å². The summed E-state index contributed by atoms with van der Waals surface area (Å²) in [6.07, 6.45) is 1.55. The maximum Gasteiger partial charge on any atom is 0.408 e. The minimum atomic E-state index is -0.671. The third-order valence-electron chi connectivity index (χ3n) is 4.69. The summed E-state index contributed by atoms with van der Waals surface area (Å²) in [6, 6.07) is -0.671. The molecular formula is C18H34N2O5. The lowest BCUT2D eigenvalue weighted by Gasteiger charge is -2.36. The molecule has 7 nitrogen and oxygen atoms in total. The molecule has 0 aliphatic carbocycles. The zero-order valence-electron chi connectivity index (χ0n) is 16.2. The van der Waals surface area contributed by atoms with Gasteiger partial charge in [0.2, 0.25) is 5.91 Å². The largest absolute Gasteiger partial charge is 0.444 e. The van der Waals surface area contributed by atoms with E-state index in [4.69, 9.17) is 9.47 Å². The zero-order chi connectivity index (χ0) is 19.1. The van der Waals surface area contributed by atoms with Crippen molar-refractivity contribution in [2.24, 2.45) is 11.3 Å². The van der Waals surface area contributed by atoms with Crippen LogP contribution in [0.2, 0.25) is 0 Å². The van der Waals surface area contributed by atoms with Crippen molar-refractivity contribution in [2.75, 3.05) is 26.4 Å². The monoisotopic (exact) mass is 358 g/mol. The molecule has 146 valence electrons. The second-order valence-corrected chi connectivity index (χ2v) is 8.00. The van der Waals surface area contributed by atoms with Gasteiger partial charge in [-0.15, -0.1) is 0 Å². The second-order valence-electron chi connectivity index (χ2n) is 8.00. The summed E-state index contributed by atoms with van der Waals surface area (Å²) in [5.74, 6) is -0.285. The number of rotatable bonds is 7. The second kappa shape index (κ2) is 9.38. The van der Waals surface area contributed by atoms with Crippen molar-refractivity contribution in [3.8, 4) is 0 Å². The Morgan fingerprint density at radius 2 is 1.88 bits per heavy atom. The van der Waals surface area contributed by atoms with E-state index >= 15 is 0 Å². The van der Waals surface area contributed by atoms with Crippen LogP contribution in [-0.4, -0.2) is 55.1 Å². The highest BCUT2D eigenvalue weighted by atomic mass is 16.6. The minimum Gasteiger partial charge on any atom is -0.444 e. The van der Waals surface area contributed by atoms with Gasteiger partial charge < -0.3 is 25.2 Å². The first kappa shape index (κ1) is 21.7. The molecule has 7 heteroatoms. The van der Waals surface area contributed by atoms with E-state index in [0.717, 1.165) is 6.42 Å². The van der Waals surface area contributed by atoms with Gasteiger partial charge in [0, 0.05) is 25.2 Å². The average Bonchev–Trinajstić information content (AvgIpc) is 2.56. The number of carbonyl (C=O) groups excluding carboxylic acids is 2. The summed E-state index contributed by atoms with van der Waals surface area (Å²) in [4.78, 5) is 24.7. The lowest BCUT2D eigenvalue weighted by molar-refractivity contribution is -0.125. The molecule has 1 aliphatic rings. The van der Waals surface area contributed by atoms with Crippen molar-refractivity contribution >= 4 is 12.0 Å². The van der Waals surface area contributed by atoms with Crippen molar-refractivity contribution in [3.05, 3.63) is 0 Å². The van der Waals surface area contributed by atoms with E-state index in [1.165, 1.54) is 0 Å². The molecule has 1 heterocycles. The number of aliphatic hydroxyl groups is 1. The van der Waals surface area contributed by atoms with E-state index in [2.05, 4.69) is 10.6 Å². The molecule has 0 aromatic rings. The van der Waals surface area contributed by atoms with Crippen LogP contribution < -0.4 is 10.6 Å². The normalized spacial score (nSPS) is 19.6. The maximum atomic E-state index is 12.7. The van der Waals surface area contributed by atoms with Crippen LogP contribution in [0.15, 0.2) is 0 Å². The van der Waals surface area contributed by atoms with Gasteiger partial charge in [0.05, 0.1) is 6.61 Å². The van der Waals surface area contributed by atoms with Crippen molar-refractivity contribution < 1.29 is 24.2 Å². The number of ether oxygens (including phenoxy) is 2. The molecule has 1 aliphatic heterocycles. The van der Waals surface area contributed by atoms with Crippen molar-refractivity contribution in [1.82, 2.24) is 10.6 Å². The van der Waals surface area contributed by atoms with Gasteiger partial charge >= 0.3 is 6.09 Å². The highest BCUT2D eigenvalue weighted by Gasteiger charge is 2.34. The summed E-state index contributed by atoms with van der Waals surface area (Å²) < 4.78 is 10.6. The summed E-state index contributed by atoms with van der Waals surface area (Å²) >= 11 is 0. The van der Waals surface area contributed by atoms with E-state index in [1.54, 1.807) is 20.8 Å². The van der Waals surface area contributed by atoms with Gasteiger partial charge in [0.1, 0.15) is 11.6 Å². The van der Waals surface area contributed by atoms with E-state index in [0.29, 0.717) is 32.6 Å². The van der Waals surface area contributed by atoms with Gasteiger partial charge in [-0.2, -0.15) is 0 Å². The van der Waals surface area contributed by atoms with Gasteiger partial charge in [0.25, 0.3) is 0 Å². The first-order valence-corrected chi connectivity index (χ1v) is 9.08. The molecule has 1 saturated heterocycles. The van der Waals surface area contributed by atoms with E-state index in [9.17, 15) is 14.7 Å². The van der Waals surface area contributed by atoms with Crippen molar-refractivity contribution in [1.29, 1.82) is 0 Å². The topological polar surface area (TPSA) is 96.9 Å². The number of alkyl carbamates (subject to hydrolysis) is 1. The van der Waals surface area contributed by atoms with Crippen LogP contribution in [0.3, 0.4) is 0 Å². The summed E-state index contributed by atoms with van der Waals surface area (Å²) in [7, 11) is 0. The van der Waals surface area contributed by atoms with Crippen LogP contribution >= 0.6 is 0 Å². The predicted octanol–water partition coefficient (Wildman–Crippen LogP) is 1.83. The number of hydrogen-bond acceptors (Lipinski definition) is 5. The fraction of sp³-hybridized carbons (Fsp3) is 0.889. The van der Waals surface area contributed by atoms with Crippen LogP contribution in [0, 0.1) is 11.3 Å². The first-order chi connectivity index (χ1) is 11.6. The fourth-order valence-corrected chi connectivity index (χ4v) is 2.72. The Morgan fingerprint density at radius 1 is 1.28 bits per heavy atom. The molecule has 1 rings (SSSR count). The van der Waals surface area contributed by atoms with Crippen LogP contribution in [0.25, 0.3) is 0 Å². The van der Waals surface area contributed by atoms with Gasteiger partial charge in [-0.25, -0.2) is 4.79 Å². The number of amides is 2. The van der Waals surface area contributed by atoms with Gasteiger partial charge in [0.15, 0.2) is 0 Å². The van der Waals surface area contributed by atoms with E-state index < -0.39 is 17.7 Å². The number of carbonyl (C=O) groups is 2. The third-order valence-corrected chi connectivity index (χ3v) is 4.69. The lowest BCUT2D eigenvalue weighted by Crippen LogP contribution is -2.54. The van der Waals surface area contributed by atoms with Gasteiger partial charge in [-0.1, -0.05) is 20.3 Å². The SMILES string of the molecule is CCC(C)C(NC(=O)OC(C)(C)C)C(=O)NCC1(CO)CCOCC1. The molecule has 2 atom stereocenters. The summed E-state index contributed by atoms with van der Waals surface area (Å²) in [5, 5.41) is 15.3. The minimum absolute atomic E-state index is 0.00410. The summed E-state index contributed by atoms with van der Waals surface area (Å²) in [5.41, 5.74) is -0.969. The average molecular weight is 358 g/mol. The number of hydrogen-bond donors (Lipinski definition) is 3. The predicted molar refractivity (Wildman–Crippen MR) is 95.2 cm³/mol. The molecule has 3 N–H and O–H groups in total. The van der Waals surface area contributed by atoms with E-state index in [1.807, 2.05) is 13.8 Å². The highest BCUT2D eigenvalue weighted by molar-refractivity contribution is 5.86. The van der Waals surface area contributed by atoms with Crippen LogP contribution in [0.5, 0.6) is 0 Å². The van der Waals surface area contributed by atoms with Crippen molar-refractivity contribution in [2.45, 2.75) is 65.5 Å². The molecule has 1 fully saturated rings. The fourth-order valence-electron chi connectivity index (χ4n) is 2.72.